The van der Waals surface area contributed by atoms with Crippen molar-refractivity contribution in [1.82, 2.24) is 5.32 Å². The van der Waals surface area contributed by atoms with Gasteiger partial charge in [0.2, 0.25) is 5.91 Å². The SMILES string of the molecule is CCCNC(O)(CCC)OCC. The Labute approximate surface area is 75.1 Å². The topological polar surface area (TPSA) is 41.5 Å². The molecule has 0 aliphatic carbocycles. The van der Waals surface area contributed by atoms with Crippen LogP contribution in [0.4, 0.5) is 0 Å². The minimum atomic E-state index is -1.10. The number of hydrogen-bond acceptors (Lipinski definition) is 3. The molecule has 3 nitrogen and oxygen atoms in total. The van der Waals surface area contributed by atoms with Gasteiger partial charge in [0.1, 0.15) is 0 Å². The minimum absolute atomic E-state index is 0.535. The maximum absolute atomic E-state index is 9.81. The first kappa shape index (κ1) is 11.9. The van der Waals surface area contributed by atoms with Gasteiger partial charge >= 0.3 is 0 Å². The number of ether oxygens (including phenoxy) is 1. The third-order valence-electron chi connectivity index (χ3n) is 1.62. The third kappa shape index (κ3) is 4.70. The van der Waals surface area contributed by atoms with Gasteiger partial charge in [0, 0.05) is 13.0 Å². The van der Waals surface area contributed by atoms with Gasteiger partial charge in [-0.25, -0.2) is 0 Å². The Hall–Kier alpha value is -0.120. The molecule has 0 fully saturated rings. The predicted molar refractivity (Wildman–Crippen MR) is 49.8 cm³/mol. The molecule has 3 heteroatoms. The lowest BCUT2D eigenvalue weighted by molar-refractivity contribution is -0.226. The van der Waals surface area contributed by atoms with Crippen molar-refractivity contribution in [2.45, 2.75) is 45.9 Å². The highest BCUT2D eigenvalue weighted by atomic mass is 16.6. The monoisotopic (exact) mass is 175 g/mol. The molecule has 0 heterocycles. The van der Waals surface area contributed by atoms with Crippen LogP contribution >= 0.6 is 0 Å². The van der Waals surface area contributed by atoms with Gasteiger partial charge in [-0.05, 0) is 26.3 Å². The van der Waals surface area contributed by atoms with Crippen molar-refractivity contribution in [1.29, 1.82) is 0 Å². The van der Waals surface area contributed by atoms with Crippen molar-refractivity contribution in [3.63, 3.8) is 0 Å². The summed E-state index contributed by atoms with van der Waals surface area (Å²) in [5.74, 6) is -1.10. The molecule has 1 unspecified atom stereocenters. The van der Waals surface area contributed by atoms with Crippen LogP contribution in [0.5, 0.6) is 0 Å². The number of nitrogens with one attached hydrogen (secondary N) is 1. The van der Waals surface area contributed by atoms with Crippen LogP contribution in [0.2, 0.25) is 0 Å². The van der Waals surface area contributed by atoms with Gasteiger partial charge in [0.25, 0.3) is 0 Å². The summed E-state index contributed by atoms with van der Waals surface area (Å²) in [7, 11) is 0. The second kappa shape index (κ2) is 6.40. The summed E-state index contributed by atoms with van der Waals surface area (Å²) in [6, 6.07) is 0. The van der Waals surface area contributed by atoms with Crippen molar-refractivity contribution < 1.29 is 9.84 Å². The molecule has 2 N–H and O–H groups in total. The standard InChI is InChI=1S/C9H21NO2/c1-4-7-9(11,12-6-3)10-8-5-2/h10-11H,4-8H2,1-3H3. The van der Waals surface area contributed by atoms with Crippen LogP contribution in [-0.2, 0) is 4.74 Å². The van der Waals surface area contributed by atoms with E-state index in [9.17, 15) is 5.11 Å². The van der Waals surface area contributed by atoms with E-state index in [1.165, 1.54) is 0 Å². The Balaban J connectivity index is 3.80. The summed E-state index contributed by atoms with van der Waals surface area (Å²) < 4.78 is 5.22. The molecular weight excluding hydrogens is 154 g/mol. The molecule has 74 valence electrons. The maximum Gasteiger partial charge on any atom is 0.224 e. The molecule has 0 saturated heterocycles. The fraction of sp³-hybridized carbons (Fsp3) is 1.00. The highest BCUT2D eigenvalue weighted by Gasteiger charge is 2.24. The van der Waals surface area contributed by atoms with Gasteiger partial charge in [-0.1, -0.05) is 13.8 Å². The van der Waals surface area contributed by atoms with Crippen LogP contribution in [0.25, 0.3) is 0 Å². The summed E-state index contributed by atoms with van der Waals surface area (Å²) >= 11 is 0. The van der Waals surface area contributed by atoms with Gasteiger partial charge in [0.15, 0.2) is 0 Å². The highest BCUT2D eigenvalue weighted by molar-refractivity contribution is 4.62. The molecule has 12 heavy (non-hydrogen) atoms. The lowest BCUT2D eigenvalue weighted by Gasteiger charge is -2.28. The van der Waals surface area contributed by atoms with Crippen LogP contribution in [0.3, 0.4) is 0 Å². The number of rotatable bonds is 7. The van der Waals surface area contributed by atoms with Gasteiger partial charge in [-0.3, -0.25) is 5.32 Å². The Kier molecular flexibility index (Phi) is 6.34. The molecule has 0 rings (SSSR count). The van der Waals surface area contributed by atoms with Gasteiger partial charge < -0.3 is 9.84 Å². The van der Waals surface area contributed by atoms with Gasteiger partial charge in [0.05, 0.1) is 0 Å². The minimum Gasteiger partial charge on any atom is -0.353 e. The fourth-order valence-corrected chi connectivity index (χ4v) is 1.11. The van der Waals surface area contributed by atoms with E-state index in [0.717, 1.165) is 19.4 Å². The zero-order valence-corrected chi connectivity index (χ0v) is 8.39. The van der Waals surface area contributed by atoms with Crippen LogP contribution < -0.4 is 5.32 Å². The zero-order chi connectivity index (χ0) is 9.45. The van der Waals surface area contributed by atoms with Crippen molar-refractivity contribution in [3.05, 3.63) is 0 Å². The lowest BCUT2D eigenvalue weighted by Crippen LogP contribution is -2.47. The van der Waals surface area contributed by atoms with Crippen molar-refractivity contribution in [3.8, 4) is 0 Å². The predicted octanol–water partition coefficient (Wildman–Crippen LogP) is 1.47. The van der Waals surface area contributed by atoms with E-state index in [2.05, 4.69) is 12.2 Å². The molecule has 0 amide bonds. The molecule has 0 aromatic carbocycles. The van der Waals surface area contributed by atoms with Gasteiger partial charge in [-0.2, -0.15) is 0 Å². The Morgan fingerprint density at radius 2 is 1.92 bits per heavy atom. The largest absolute Gasteiger partial charge is 0.353 e. The van der Waals surface area contributed by atoms with E-state index in [1.807, 2.05) is 13.8 Å². The van der Waals surface area contributed by atoms with E-state index in [1.54, 1.807) is 0 Å². The smallest absolute Gasteiger partial charge is 0.224 e. The zero-order valence-electron chi connectivity index (χ0n) is 8.39. The molecule has 0 spiro atoms. The van der Waals surface area contributed by atoms with Gasteiger partial charge in [-0.15, -0.1) is 0 Å². The van der Waals surface area contributed by atoms with Crippen LogP contribution in [0, 0.1) is 0 Å². The molecule has 0 radical (unpaired) electrons. The first-order valence-electron chi connectivity index (χ1n) is 4.79. The number of aliphatic hydroxyl groups is 1. The second-order valence-electron chi connectivity index (χ2n) is 2.89. The summed E-state index contributed by atoms with van der Waals surface area (Å²) in [6.45, 7) is 7.29. The summed E-state index contributed by atoms with van der Waals surface area (Å²) in [6.07, 6.45) is 2.55. The average Bonchev–Trinajstić information content (AvgIpc) is 2.02. The molecule has 1 atom stereocenters. The maximum atomic E-state index is 9.81. The van der Waals surface area contributed by atoms with E-state index >= 15 is 0 Å². The molecule has 0 aromatic heterocycles. The summed E-state index contributed by atoms with van der Waals surface area (Å²) in [5.41, 5.74) is 0. The van der Waals surface area contributed by atoms with Crippen LogP contribution in [0.15, 0.2) is 0 Å². The number of hydrogen-bond donors (Lipinski definition) is 2. The molecular formula is C9H21NO2. The fourth-order valence-electron chi connectivity index (χ4n) is 1.11. The Morgan fingerprint density at radius 1 is 1.25 bits per heavy atom. The van der Waals surface area contributed by atoms with Crippen molar-refractivity contribution in [2.75, 3.05) is 13.2 Å². The average molecular weight is 175 g/mol. The molecule has 0 bridgehead atoms. The second-order valence-corrected chi connectivity index (χ2v) is 2.89. The van der Waals surface area contributed by atoms with E-state index < -0.39 is 5.91 Å². The normalized spacial score (nSPS) is 16.0. The quantitative estimate of drug-likeness (QED) is 0.576. The molecule has 0 aliphatic heterocycles. The first-order chi connectivity index (χ1) is 5.68. The molecule has 0 aromatic rings. The van der Waals surface area contributed by atoms with E-state index in [-0.39, 0.29) is 0 Å². The Morgan fingerprint density at radius 3 is 2.33 bits per heavy atom. The molecule has 0 saturated carbocycles. The third-order valence-corrected chi connectivity index (χ3v) is 1.62. The van der Waals surface area contributed by atoms with Crippen molar-refractivity contribution >= 4 is 0 Å². The Bertz CT molecular complexity index is 101. The summed E-state index contributed by atoms with van der Waals surface area (Å²) in [5, 5.41) is 12.8. The van der Waals surface area contributed by atoms with Crippen LogP contribution in [-0.4, -0.2) is 24.2 Å². The summed E-state index contributed by atoms with van der Waals surface area (Å²) in [4.78, 5) is 0. The first-order valence-corrected chi connectivity index (χ1v) is 4.79. The molecule has 0 aliphatic rings. The highest BCUT2D eigenvalue weighted by Crippen LogP contribution is 2.10. The van der Waals surface area contributed by atoms with Crippen LogP contribution in [0.1, 0.15) is 40.0 Å². The van der Waals surface area contributed by atoms with E-state index in [4.69, 9.17) is 4.74 Å². The van der Waals surface area contributed by atoms with Crippen molar-refractivity contribution in [2.24, 2.45) is 0 Å². The lowest BCUT2D eigenvalue weighted by atomic mass is 10.2. The van der Waals surface area contributed by atoms with E-state index in [0.29, 0.717) is 13.0 Å².